The summed E-state index contributed by atoms with van der Waals surface area (Å²) in [5.74, 6) is 0.510. The smallest absolute Gasteiger partial charge is 0.263 e. The third-order valence-corrected chi connectivity index (χ3v) is 8.41. The highest BCUT2D eigenvalue weighted by molar-refractivity contribution is 7.99. The molecule has 4 aromatic rings. The van der Waals surface area contributed by atoms with Crippen molar-refractivity contribution in [3.63, 3.8) is 0 Å². The number of thioether (sulfide) groups is 1. The molecule has 9 heteroatoms. The first-order valence-corrected chi connectivity index (χ1v) is 13.9. The third-order valence-electron chi connectivity index (χ3n) is 6.34. The van der Waals surface area contributed by atoms with Gasteiger partial charge in [0.1, 0.15) is 10.6 Å². The van der Waals surface area contributed by atoms with Gasteiger partial charge in [-0.15, -0.1) is 11.3 Å². The molecular formula is C28H29N3O4S2. The molecule has 0 unspecified atom stereocenters. The van der Waals surface area contributed by atoms with E-state index in [-0.39, 0.29) is 22.8 Å². The van der Waals surface area contributed by atoms with Crippen LogP contribution in [0, 0.1) is 0 Å². The van der Waals surface area contributed by atoms with E-state index in [4.69, 9.17) is 14.5 Å². The van der Waals surface area contributed by atoms with E-state index >= 15 is 0 Å². The number of methoxy groups -OCH3 is 1. The SMILES string of the molecule is COc1ccccc1NC(=O)CSc1nc2sc3c(c2c(=O)n1CCc1ccccc1)CC(C)(C)OC3. The minimum absolute atomic E-state index is 0.0521. The van der Waals surface area contributed by atoms with Crippen molar-refractivity contribution in [2.75, 3.05) is 18.2 Å². The first kappa shape index (κ1) is 25.5. The minimum atomic E-state index is -0.327. The van der Waals surface area contributed by atoms with Gasteiger partial charge in [-0.25, -0.2) is 4.98 Å². The number of carbonyl (C=O) groups is 1. The number of carbonyl (C=O) groups excluding carboxylic acids is 1. The number of para-hydroxylation sites is 2. The Balaban J connectivity index is 1.46. The van der Waals surface area contributed by atoms with Gasteiger partial charge in [0, 0.05) is 17.8 Å². The van der Waals surface area contributed by atoms with E-state index in [2.05, 4.69) is 17.4 Å². The Morgan fingerprint density at radius 1 is 1.19 bits per heavy atom. The molecule has 1 amide bonds. The van der Waals surface area contributed by atoms with Crippen LogP contribution in [-0.4, -0.2) is 33.9 Å². The quantitative estimate of drug-likeness (QED) is 0.244. The van der Waals surface area contributed by atoms with E-state index in [0.717, 1.165) is 16.0 Å². The molecule has 1 aliphatic rings. The fourth-order valence-electron chi connectivity index (χ4n) is 4.46. The number of thiophene rings is 1. The van der Waals surface area contributed by atoms with E-state index < -0.39 is 0 Å². The summed E-state index contributed by atoms with van der Waals surface area (Å²) in [4.78, 5) is 33.4. The van der Waals surface area contributed by atoms with Crippen molar-refractivity contribution < 1.29 is 14.3 Å². The predicted octanol–water partition coefficient (Wildman–Crippen LogP) is 5.29. The summed E-state index contributed by atoms with van der Waals surface area (Å²) in [5.41, 5.74) is 2.42. The Bertz CT molecular complexity index is 1490. The zero-order valence-electron chi connectivity index (χ0n) is 21.1. The van der Waals surface area contributed by atoms with Gasteiger partial charge in [0.2, 0.25) is 5.91 Å². The maximum absolute atomic E-state index is 13.9. The van der Waals surface area contributed by atoms with Gasteiger partial charge in [-0.3, -0.25) is 14.2 Å². The second kappa shape index (κ2) is 10.7. The van der Waals surface area contributed by atoms with E-state index in [0.29, 0.717) is 52.8 Å². The molecule has 0 aliphatic carbocycles. The van der Waals surface area contributed by atoms with Crippen LogP contribution < -0.4 is 15.6 Å². The highest BCUT2D eigenvalue weighted by Crippen LogP contribution is 2.37. The number of nitrogens with zero attached hydrogens (tertiary/aromatic N) is 2. The van der Waals surface area contributed by atoms with Crippen molar-refractivity contribution in [2.45, 2.75) is 50.6 Å². The summed E-state index contributed by atoms with van der Waals surface area (Å²) in [6.45, 7) is 5.06. The standard InChI is InChI=1S/C28H29N3O4S2/c1-28(2)15-19-22(16-35-28)37-25-24(19)26(33)31(14-13-18-9-5-4-6-10-18)27(30-25)36-17-23(32)29-20-11-7-8-12-21(20)34-3/h4-12H,13-17H2,1-3H3,(H,29,32). The van der Waals surface area contributed by atoms with Gasteiger partial charge in [-0.2, -0.15) is 0 Å². The van der Waals surface area contributed by atoms with Crippen molar-refractivity contribution >= 4 is 44.9 Å². The Morgan fingerprint density at radius 2 is 1.95 bits per heavy atom. The number of ether oxygens (including phenoxy) is 2. The van der Waals surface area contributed by atoms with Crippen molar-refractivity contribution in [3.8, 4) is 5.75 Å². The molecule has 1 N–H and O–H groups in total. The molecule has 7 nitrogen and oxygen atoms in total. The molecule has 0 fully saturated rings. The van der Waals surface area contributed by atoms with Crippen molar-refractivity contribution in [3.05, 3.63) is 81.0 Å². The Morgan fingerprint density at radius 3 is 2.73 bits per heavy atom. The summed E-state index contributed by atoms with van der Waals surface area (Å²) in [6, 6.07) is 17.3. The molecule has 5 rings (SSSR count). The molecular weight excluding hydrogens is 506 g/mol. The first-order valence-electron chi connectivity index (χ1n) is 12.1. The van der Waals surface area contributed by atoms with Crippen LogP contribution in [0.25, 0.3) is 10.2 Å². The molecule has 3 heterocycles. The lowest BCUT2D eigenvalue weighted by atomic mass is 9.94. The largest absolute Gasteiger partial charge is 0.495 e. The zero-order chi connectivity index (χ0) is 26.0. The summed E-state index contributed by atoms with van der Waals surface area (Å²) >= 11 is 2.79. The number of amides is 1. The molecule has 0 bridgehead atoms. The molecule has 2 aromatic heterocycles. The average Bonchev–Trinajstić information content (AvgIpc) is 3.24. The monoisotopic (exact) mass is 535 g/mol. The van der Waals surface area contributed by atoms with Crippen molar-refractivity contribution in [1.82, 2.24) is 9.55 Å². The number of hydrogen-bond acceptors (Lipinski definition) is 7. The van der Waals surface area contributed by atoms with Gasteiger partial charge < -0.3 is 14.8 Å². The number of rotatable bonds is 8. The van der Waals surface area contributed by atoms with Gasteiger partial charge in [-0.05, 0) is 43.5 Å². The number of nitrogens with one attached hydrogen (secondary N) is 1. The number of fused-ring (bicyclic) bond motifs is 3. The van der Waals surface area contributed by atoms with Gasteiger partial charge in [0.15, 0.2) is 5.16 Å². The van der Waals surface area contributed by atoms with Gasteiger partial charge in [0.25, 0.3) is 5.56 Å². The number of aryl methyl sites for hydroxylation is 1. The van der Waals surface area contributed by atoms with Crippen LogP contribution in [0.4, 0.5) is 5.69 Å². The van der Waals surface area contributed by atoms with Crippen LogP contribution in [0.15, 0.2) is 64.5 Å². The van der Waals surface area contributed by atoms with Gasteiger partial charge in [0.05, 0.1) is 36.1 Å². The molecule has 0 atom stereocenters. The number of hydrogen-bond donors (Lipinski definition) is 1. The first-order chi connectivity index (χ1) is 17.8. The van der Waals surface area contributed by atoms with E-state index in [9.17, 15) is 9.59 Å². The second-order valence-electron chi connectivity index (χ2n) is 9.53. The third kappa shape index (κ3) is 5.58. The van der Waals surface area contributed by atoms with Crippen LogP contribution in [0.5, 0.6) is 5.75 Å². The summed E-state index contributed by atoms with van der Waals surface area (Å²) in [6.07, 6.45) is 1.36. The van der Waals surface area contributed by atoms with Crippen LogP contribution in [0.3, 0.4) is 0 Å². The van der Waals surface area contributed by atoms with Crippen LogP contribution >= 0.6 is 23.1 Å². The number of benzene rings is 2. The number of aromatic nitrogens is 2. The van der Waals surface area contributed by atoms with E-state index in [1.165, 1.54) is 23.1 Å². The minimum Gasteiger partial charge on any atom is -0.495 e. The summed E-state index contributed by atoms with van der Waals surface area (Å²) in [5, 5.41) is 4.13. The fourth-order valence-corrected chi connectivity index (χ4v) is 6.43. The Kier molecular flexibility index (Phi) is 7.37. The molecule has 192 valence electrons. The van der Waals surface area contributed by atoms with Crippen LogP contribution in [-0.2, 0) is 35.5 Å². The van der Waals surface area contributed by atoms with E-state index in [1.54, 1.807) is 23.8 Å². The fraction of sp³-hybridized carbons (Fsp3) is 0.321. The Hall–Kier alpha value is -3.14. The lowest BCUT2D eigenvalue weighted by molar-refractivity contribution is -0.113. The molecule has 1 aliphatic heterocycles. The normalized spacial score (nSPS) is 14.4. The molecule has 0 saturated carbocycles. The van der Waals surface area contributed by atoms with E-state index in [1.807, 2.05) is 44.2 Å². The lowest BCUT2D eigenvalue weighted by Gasteiger charge is -2.29. The van der Waals surface area contributed by atoms with Crippen LogP contribution in [0.1, 0.15) is 29.9 Å². The average molecular weight is 536 g/mol. The topological polar surface area (TPSA) is 82.5 Å². The van der Waals surface area contributed by atoms with Gasteiger partial charge >= 0.3 is 0 Å². The highest BCUT2D eigenvalue weighted by Gasteiger charge is 2.31. The summed E-state index contributed by atoms with van der Waals surface area (Å²) in [7, 11) is 1.57. The maximum atomic E-state index is 13.9. The van der Waals surface area contributed by atoms with Crippen molar-refractivity contribution in [2.24, 2.45) is 0 Å². The van der Waals surface area contributed by atoms with Crippen molar-refractivity contribution in [1.29, 1.82) is 0 Å². The number of anilines is 1. The predicted molar refractivity (Wildman–Crippen MR) is 149 cm³/mol. The van der Waals surface area contributed by atoms with Crippen LogP contribution in [0.2, 0.25) is 0 Å². The highest BCUT2D eigenvalue weighted by atomic mass is 32.2. The lowest BCUT2D eigenvalue weighted by Crippen LogP contribution is -2.32. The maximum Gasteiger partial charge on any atom is 0.263 e. The molecule has 0 saturated heterocycles. The van der Waals surface area contributed by atoms with Gasteiger partial charge in [-0.1, -0.05) is 54.2 Å². The Labute approximate surface area is 223 Å². The molecule has 37 heavy (non-hydrogen) atoms. The molecule has 0 spiro atoms. The summed E-state index contributed by atoms with van der Waals surface area (Å²) < 4.78 is 13.0. The zero-order valence-corrected chi connectivity index (χ0v) is 22.7. The molecule has 2 aromatic carbocycles. The molecule has 0 radical (unpaired) electrons. The second-order valence-corrected chi connectivity index (χ2v) is 11.6.